The van der Waals surface area contributed by atoms with Crippen molar-refractivity contribution in [3.63, 3.8) is 0 Å². The molecule has 6 rings (SSSR count). The maximum absolute atomic E-state index is 13.6. The minimum atomic E-state index is -3.26. The van der Waals surface area contributed by atoms with Gasteiger partial charge < -0.3 is 9.64 Å². The Labute approximate surface area is 208 Å². The normalized spacial score (nSPS) is 33.9. The number of benzene rings is 1. The van der Waals surface area contributed by atoms with E-state index in [4.69, 9.17) is 4.74 Å². The number of piperidine rings is 1. The minimum Gasteiger partial charge on any atom is -0.378 e. The van der Waals surface area contributed by atoms with Crippen LogP contribution >= 0.6 is 0 Å². The number of fused-ring (bicyclic) bond motifs is 1. The van der Waals surface area contributed by atoms with Crippen molar-refractivity contribution in [3.8, 4) is 0 Å². The molecular weight excluding hydrogens is 470 g/mol. The molecule has 1 N–H and O–H groups in total. The Hall–Kier alpha value is -1.25. The second-order valence-corrected chi connectivity index (χ2v) is 13.9. The highest BCUT2D eigenvalue weighted by molar-refractivity contribution is 7.93. The molecular formula is C27H38F2N2O3S. The van der Waals surface area contributed by atoms with E-state index < -0.39 is 15.9 Å². The van der Waals surface area contributed by atoms with Gasteiger partial charge >= 0.3 is 0 Å². The van der Waals surface area contributed by atoms with E-state index in [-0.39, 0.29) is 29.1 Å². The third-order valence-corrected chi connectivity index (χ3v) is 11.7. The van der Waals surface area contributed by atoms with Crippen molar-refractivity contribution < 1.29 is 21.9 Å². The Morgan fingerprint density at radius 1 is 1.06 bits per heavy atom. The first kappa shape index (κ1) is 24.1. The predicted molar refractivity (Wildman–Crippen MR) is 132 cm³/mol. The molecule has 4 aliphatic carbocycles. The average molecular weight is 509 g/mol. The van der Waals surface area contributed by atoms with Crippen molar-refractivity contribution in [1.82, 2.24) is 4.90 Å². The molecule has 4 saturated carbocycles. The van der Waals surface area contributed by atoms with Crippen LogP contribution in [0.1, 0.15) is 69.8 Å². The lowest BCUT2D eigenvalue weighted by molar-refractivity contribution is -0.122. The summed E-state index contributed by atoms with van der Waals surface area (Å²) in [7, 11) is -1.58. The van der Waals surface area contributed by atoms with Crippen molar-refractivity contribution in [2.45, 2.75) is 86.4 Å². The van der Waals surface area contributed by atoms with E-state index in [2.05, 4.69) is 21.8 Å². The molecule has 5 aliphatic rings. The Bertz CT molecular complexity index is 1050. The number of halogens is 2. The summed E-state index contributed by atoms with van der Waals surface area (Å²) >= 11 is 0. The van der Waals surface area contributed by atoms with E-state index in [1.165, 1.54) is 18.4 Å². The highest BCUT2D eigenvalue weighted by Gasteiger charge is 2.73. The standard InChI is InChI=1S/C27H38F2N2O3S/c1-34-25(11-13-26(28,29)14-12-25)10-3-15-31-17-23-24(18-31)27(23,19-6-7-19)20-4-2-5-21(16-20)30-35(32,33)22-8-9-22/h2,4-5,16,19,22-24,30H,3,6-15,17-18H2,1H3. The molecule has 8 heteroatoms. The zero-order chi connectivity index (χ0) is 24.5. The van der Waals surface area contributed by atoms with E-state index >= 15 is 0 Å². The van der Waals surface area contributed by atoms with Gasteiger partial charge in [0.05, 0.1) is 10.9 Å². The van der Waals surface area contributed by atoms with Gasteiger partial charge in [0.1, 0.15) is 0 Å². The predicted octanol–water partition coefficient (Wildman–Crippen LogP) is 5.17. The first-order valence-corrected chi connectivity index (χ1v) is 15.0. The molecule has 2 atom stereocenters. The van der Waals surface area contributed by atoms with Gasteiger partial charge in [-0.25, -0.2) is 17.2 Å². The van der Waals surface area contributed by atoms with Gasteiger partial charge in [0.15, 0.2) is 0 Å². The third-order valence-electron chi connectivity index (χ3n) is 9.78. The first-order valence-electron chi connectivity index (χ1n) is 13.5. The van der Waals surface area contributed by atoms with Crippen molar-refractivity contribution >= 4 is 15.7 Å². The largest absolute Gasteiger partial charge is 0.378 e. The van der Waals surface area contributed by atoms with Gasteiger partial charge in [0.2, 0.25) is 15.9 Å². The first-order chi connectivity index (χ1) is 16.7. The van der Waals surface area contributed by atoms with Crippen molar-refractivity contribution in [3.05, 3.63) is 29.8 Å². The van der Waals surface area contributed by atoms with Crippen LogP contribution in [-0.2, 0) is 20.2 Å². The third kappa shape index (κ3) is 4.42. The number of alkyl halides is 2. The van der Waals surface area contributed by atoms with E-state index in [9.17, 15) is 17.2 Å². The van der Waals surface area contributed by atoms with Crippen molar-refractivity contribution in [2.75, 3.05) is 31.5 Å². The molecule has 1 aliphatic heterocycles. The molecule has 0 aromatic heterocycles. The van der Waals surface area contributed by atoms with Gasteiger partial charge in [-0.1, -0.05) is 12.1 Å². The molecule has 1 aromatic rings. The second-order valence-electron chi connectivity index (χ2n) is 12.0. The Morgan fingerprint density at radius 2 is 1.74 bits per heavy atom. The zero-order valence-electron chi connectivity index (χ0n) is 20.6. The number of nitrogens with one attached hydrogen (secondary N) is 1. The lowest BCUT2D eigenvalue weighted by Crippen LogP contribution is -2.41. The molecule has 1 aromatic carbocycles. The quantitative estimate of drug-likeness (QED) is 0.474. The number of likely N-dealkylation sites (tertiary alicyclic amines) is 1. The number of rotatable bonds is 10. The highest BCUT2D eigenvalue weighted by Crippen LogP contribution is 2.72. The van der Waals surface area contributed by atoms with Gasteiger partial charge in [-0.3, -0.25) is 4.72 Å². The van der Waals surface area contributed by atoms with Crippen LogP contribution in [0.15, 0.2) is 24.3 Å². The van der Waals surface area contributed by atoms with Crippen LogP contribution in [0, 0.1) is 17.8 Å². The number of methoxy groups -OCH3 is 1. The molecule has 2 unspecified atom stereocenters. The van der Waals surface area contributed by atoms with Crippen LogP contribution in [0.2, 0.25) is 0 Å². The van der Waals surface area contributed by atoms with Crippen LogP contribution in [-0.4, -0.2) is 56.8 Å². The summed E-state index contributed by atoms with van der Waals surface area (Å²) in [5, 5.41) is -0.222. The van der Waals surface area contributed by atoms with Gasteiger partial charge in [0, 0.05) is 44.1 Å². The van der Waals surface area contributed by atoms with Crippen LogP contribution in [0.3, 0.4) is 0 Å². The number of sulfonamides is 1. The zero-order valence-corrected chi connectivity index (χ0v) is 21.5. The van der Waals surface area contributed by atoms with Gasteiger partial charge in [-0.15, -0.1) is 0 Å². The van der Waals surface area contributed by atoms with Gasteiger partial charge in [0.25, 0.3) is 0 Å². The monoisotopic (exact) mass is 508 g/mol. The summed E-state index contributed by atoms with van der Waals surface area (Å²) < 4.78 is 60.8. The Kier molecular flexibility index (Phi) is 5.78. The Balaban J connectivity index is 1.07. The summed E-state index contributed by atoms with van der Waals surface area (Å²) in [5.41, 5.74) is 1.85. The van der Waals surface area contributed by atoms with Crippen LogP contribution in [0.25, 0.3) is 0 Å². The summed E-state index contributed by atoms with van der Waals surface area (Å²) in [6.07, 6.45) is 6.68. The molecule has 0 amide bonds. The molecule has 0 radical (unpaired) electrons. The molecule has 1 saturated heterocycles. The van der Waals surface area contributed by atoms with Gasteiger partial charge in [-0.2, -0.15) is 0 Å². The van der Waals surface area contributed by atoms with Crippen molar-refractivity contribution in [2.24, 2.45) is 17.8 Å². The number of anilines is 1. The average Bonchev–Trinajstić information content (AvgIpc) is 3.70. The van der Waals surface area contributed by atoms with Gasteiger partial charge in [-0.05, 0) is 93.4 Å². The van der Waals surface area contributed by atoms with Crippen molar-refractivity contribution in [1.29, 1.82) is 0 Å². The fraction of sp³-hybridized carbons (Fsp3) is 0.778. The summed E-state index contributed by atoms with van der Waals surface area (Å²) in [5.74, 6) is -0.542. The summed E-state index contributed by atoms with van der Waals surface area (Å²) in [4.78, 5) is 2.55. The maximum atomic E-state index is 13.6. The molecule has 194 valence electrons. The summed E-state index contributed by atoms with van der Waals surface area (Å²) in [6.45, 7) is 3.16. The number of ether oxygens (including phenoxy) is 1. The van der Waals surface area contributed by atoms with E-state index in [0.29, 0.717) is 30.4 Å². The number of hydrogen-bond acceptors (Lipinski definition) is 4. The maximum Gasteiger partial charge on any atom is 0.248 e. The van der Waals surface area contributed by atoms with Crippen LogP contribution in [0.5, 0.6) is 0 Å². The lowest BCUT2D eigenvalue weighted by atomic mass is 9.79. The molecule has 5 fully saturated rings. The topological polar surface area (TPSA) is 58.6 Å². The van der Waals surface area contributed by atoms with E-state index in [1.807, 2.05) is 12.1 Å². The SMILES string of the molecule is COC1(CCCN2CC3C(C2)C3(c2cccc(NS(=O)(=O)C3CC3)c2)C2CC2)CCC(F)(F)CC1. The molecule has 0 spiro atoms. The van der Waals surface area contributed by atoms with E-state index in [0.717, 1.165) is 51.2 Å². The fourth-order valence-corrected chi connectivity index (χ4v) is 8.87. The molecule has 0 bridgehead atoms. The number of hydrogen-bond donors (Lipinski definition) is 1. The van der Waals surface area contributed by atoms with Crippen LogP contribution < -0.4 is 4.72 Å². The molecule has 1 heterocycles. The smallest absolute Gasteiger partial charge is 0.248 e. The molecule has 5 nitrogen and oxygen atoms in total. The second kappa shape index (κ2) is 8.38. The Morgan fingerprint density at radius 3 is 2.34 bits per heavy atom. The van der Waals surface area contributed by atoms with Crippen LogP contribution in [0.4, 0.5) is 14.5 Å². The highest BCUT2D eigenvalue weighted by atomic mass is 32.2. The minimum absolute atomic E-state index is 0.0610. The number of nitrogens with zero attached hydrogens (tertiary/aromatic N) is 1. The summed E-state index contributed by atoms with van der Waals surface area (Å²) in [6, 6.07) is 8.19. The van der Waals surface area contributed by atoms with E-state index in [1.54, 1.807) is 7.11 Å². The molecule has 35 heavy (non-hydrogen) atoms. The lowest BCUT2D eigenvalue weighted by Gasteiger charge is -2.39. The fourth-order valence-electron chi connectivity index (χ4n) is 7.49.